The van der Waals surface area contributed by atoms with Crippen LogP contribution in [0.4, 0.5) is 5.13 Å². The normalized spacial score (nSPS) is 12.7. The van der Waals surface area contributed by atoms with Crippen LogP contribution in [0.3, 0.4) is 0 Å². The number of sulfonamides is 1. The van der Waals surface area contributed by atoms with E-state index < -0.39 is 10.0 Å². The molecule has 1 unspecified atom stereocenters. The molecule has 1 N–H and O–H groups in total. The molecule has 1 aromatic heterocycles. The topological polar surface area (TPSA) is 59.1 Å². The molecule has 0 saturated heterocycles. The van der Waals surface area contributed by atoms with E-state index in [2.05, 4.69) is 35.7 Å². The third-order valence-corrected chi connectivity index (χ3v) is 6.41. The summed E-state index contributed by atoms with van der Waals surface area (Å²) in [5, 5.41) is 2.23. The summed E-state index contributed by atoms with van der Waals surface area (Å²) < 4.78 is 27.3. The zero-order valence-electron chi connectivity index (χ0n) is 14.1. The zero-order valence-corrected chi connectivity index (χ0v) is 15.8. The lowest BCUT2D eigenvalue weighted by atomic mass is 9.97. The molecule has 130 valence electrons. The number of nitrogens with one attached hydrogen (secondary N) is 1. The molecule has 0 radical (unpaired) electrons. The number of benzene rings is 2. The summed E-state index contributed by atoms with van der Waals surface area (Å²) in [5.41, 5.74) is 3.05. The van der Waals surface area contributed by atoms with Gasteiger partial charge in [0.15, 0.2) is 5.13 Å². The number of hydrogen-bond acceptors (Lipinski definition) is 4. The van der Waals surface area contributed by atoms with Crippen LogP contribution in [0.5, 0.6) is 0 Å². The molecule has 0 bridgehead atoms. The van der Waals surface area contributed by atoms with Crippen LogP contribution in [0.1, 0.15) is 31.7 Å². The number of rotatable bonds is 6. The van der Waals surface area contributed by atoms with Crippen LogP contribution < -0.4 is 4.72 Å². The van der Waals surface area contributed by atoms with Crippen molar-refractivity contribution in [1.82, 2.24) is 4.98 Å². The summed E-state index contributed by atoms with van der Waals surface area (Å²) >= 11 is 1.28. The van der Waals surface area contributed by atoms with Gasteiger partial charge in [-0.1, -0.05) is 56.3 Å². The molecule has 3 rings (SSSR count). The van der Waals surface area contributed by atoms with Crippen LogP contribution in [0.2, 0.25) is 0 Å². The van der Waals surface area contributed by atoms with Crippen molar-refractivity contribution in [3.8, 4) is 11.3 Å². The molecule has 0 aliphatic heterocycles. The fourth-order valence-corrected chi connectivity index (χ4v) is 4.44. The summed E-state index contributed by atoms with van der Waals surface area (Å²) in [6, 6.07) is 16.6. The predicted molar refractivity (Wildman–Crippen MR) is 104 cm³/mol. The van der Waals surface area contributed by atoms with Crippen LogP contribution in [0, 0.1) is 0 Å². The monoisotopic (exact) mass is 372 g/mol. The third-order valence-electron chi connectivity index (χ3n) is 4.17. The van der Waals surface area contributed by atoms with Crippen molar-refractivity contribution in [2.45, 2.75) is 31.1 Å². The first kappa shape index (κ1) is 17.6. The number of thiazole rings is 1. The van der Waals surface area contributed by atoms with E-state index in [1.807, 2.05) is 17.5 Å². The predicted octanol–water partition coefficient (Wildman–Crippen LogP) is 5.12. The molecule has 4 nitrogen and oxygen atoms in total. The fourth-order valence-electron chi connectivity index (χ4n) is 2.44. The van der Waals surface area contributed by atoms with Crippen LogP contribution in [0.25, 0.3) is 11.3 Å². The fraction of sp³-hybridized carbons (Fsp3) is 0.211. The van der Waals surface area contributed by atoms with Crippen molar-refractivity contribution in [2.24, 2.45) is 0 Å². The standard InChI is InChI=1S/C19H20N2O2S2/c1-3-14(2)15-9-11-16(12-10-15)18-13-24-19(20-18)21-25(22,23)17-7-5-4-6-8-17/h4-14H,3H2,1-2H3,(H,20,21). The summed E-state index contributed by atoms with van der Waals surface area (Å²) in [7, 11) is -3.61. The van der Waals surface area contributed by atoms with Crippen LogP contribution >= 0.6 is 11.3 Å². The van der Waals surface area contributed by atoms with Gasteiger partial charge in [0.25, 0.3) is 10.0 Å². The second-order valence-electron chi connectivity index (χ2n) is 5.89. The Hall–Kier alpha value is -2.18. The van der Waals surface area contributed by atoms with Crippen molar-refractivity contribution in [3.05, 3.63) is 65.5 Å². The van der Waals surface area contributed by atoms with E-state index in [0.717, 1.165) is 17.7 Å². The quantitative estimate of drug-likeness (QED) is 0.653. The van der Waals surface area contributed by atoms with Gasteiger partial charge in [-0.2, -0.15) is 0 Å². The Morgan fingerprint density at radius 2 is 1.76 bits per heavy atom. The number of aromatic nitrogens is 1. The summed E-state index contributed by atoms with van der Waals surface area (Å²) in [4.78, 5) is 4.64. The minimum atomic E-state index is -3.61. The smallest absolute Gasteiger partial charge is 0.255 e. The Bertz CT molecular complexity index is 933. The average molecular weight is 373 g/mol. The van der Waals surface area contributed by atoms with Crippen molar-refractivity contribution in [1.29, 1.82) is 0 Å². The van der Waals surface area contributed by atoms with Gasteiger partial charge >= 0.3 is 0 Å². The molecule has 0 aliphatic carbocycles. The molecule has 3 aromatic rings. The van der Waals surface area contributed by atoms with Crippen LogP contribution in [-0.2, 0) is 10.0 Å². The van der Waals surface area contributed by atoms with Crippen molar-refractivity contribution in [3.63, 3.8) is 0 Å². The molecule has 1 atom stereocenters. The van der Waals surface area contributed by atoms with Gasteiger partial charge in [0.1, 0.15) is 0 Å². The highest BCUT2D eigenvalue weighted by atomic mass is 32.2. The maximum Gasteiger partial charge on any atom is 0.263 e. The molecule has 1 heterocycles. The molecule has 6 heteroatoms. The lowest BCUT2D eigenvalue weighted by Gasteiger charge is -2.09. The van der Waals surface area contributed by atoms with Crippen molar-refractivity contribution < 1.29 is 8.42 Å². The van der Waals surface area contributed by atoms with E-state index in [-0.39, 0.29) is 4.90 Å². The lowest BCUT2D eigenvalue weighted by Crippen LogP contribution is -2.12. The molecule has 0 amide bonds. The second-order valence-corrected chi connectivity index (χ2v) is 8.43. The lowest BCUT2D eigenvalue weighted by molar-refractivity contribution is 0.601. The molecule has 25 heavy (non-hydrogen) atoms. The minimum Gasteiger partial charge on any atom is -0.255 e. The molecule has 2 aromatic carbocycles. The van der Waals surface area contributed by atoms with E-state index >= 15 is 0 Å². The Kier molecular flexibility index (Phi) is 5.20. The highest BCUT2D eigenvalue weighted by Gasteiger charge is 2.16. The molecular weight excluding hydrogens is 352 g/mol. The van der Waals surface area contributed by atoms with Gasteiger partial charge in [-0.25, -0.2) is 13.4 Å². The Balaban J connectivity index is 1.79. The Labute approximate surface area is 152 Å². The average Bonchev–Trinajstić information content (AvgIpc) is 3.09. The number of nitrogens with zero attached hydrogens (tertiary/aromatic N) is 1. The van der Waals surface area contributed by atoms with E-state index in [1.54, 1.807) is 30.3 Å². The molecule has 0 fully saturated rings. The second kappa shape index (κ2) is 7.37. The van der Waals surface area contributed by atoms with Gasteiger partial charge in [-0.15, -0.1) is 11.3 Å². The first-order chi connectivity index (χ1) is 12.0. The summed E-state index contributed by atoms with van der Waals surface area (Å²) in [6.07, 6.45) is 1.10. The largest absolute Gasteiger partial charge is 0.263 e. The van der Waals surface area contributed by atoms with Crippen LogP contribution in [-0.4, -0.2) is 13.4 Å². The molecular formula is C19H20N2O2S2. The highest BCUT2D eigenvalue weighted by molar-refractivity contribution is 7.93. The minimum absolute atomic E-state index is 0.227. The van der Waals surface area contributed by atoms with E-state index in [4.69, 9.17) is 0 Å². The maximum atomic E-state index is 12.4. The maximum absolute atomic E-state index is 12.4. The molecule has 0 aliphatic rings. The first-order valence-electron chi connectivity index (χ1n) is 8.13. The van der Waals surface area contributed by atoms with Gasteiger partial charge in [0, 0.05) is 10.9 Å². The van der Waals surface area contributed by atoms with E-state index in [0.29, 0.717) is 11.0 Å². The van der Waals surface area contributed by atoms with Gasteiger partial charge in [-0.05, 0) is 30.0 Å². The van der Waals surface area contributed by atoms with Gasteiger partial charge in [0.05, 0.1) is 10.6 Å². The van der Waals surface area contributed by atoms with Gasteiger partial charge in [0.2, 0.25) is 0 Å². The molecule has 0 spiro atoms. The summed E-state index contributed by atoms with van der Waals surface area (Å²) in [6.45, 7) is 4.37. The van der Waals surface area contributed by atoms with Gasteiger partial charge < -0.3 is 0 Å². The highest BCUT2D eigenvalue weighted by Crippen LogP contribution is 2.28. The Morgan fingerprint density at radius 3 is 2.40 bits per heavy atom. The van der Waals surface area contributed by atoms with Crippen molar-refractivity contribution in [2.75, 3.05) is 4.72 Å². The number of anilines is 1. The third kappa shape index (κ3) is 4.08. The molecule has 0 saturated carbocycles. The van der Waals surface area contributed by atoms with Crippen LogP contribution in [0.15, 0.2) is 64.9 Å². The first-order valence-corrected chi connectivity index (χ1v) is 10.5. The SMILES string of the molecule is CCC(C)c1ccc(-c2csc(NS(=O)(=O)c3ccccc3)n2)cc1. The summed E-state index contributed by atoms with van der Waals surface area (Å²) in [5.74, 6) is 0.526. The zero-order chi connectivity index (χ0) is 17.9. The Morgan fingerprint density at radius 1 is 1.08 bits per heavy atom. The van der Waals surface area contributed by atoms with Crippen molar-refractivity contribution >= 4 is 26.5 Å². The van der Waals surface area contributed by atoms with E-state index in [1.165, 1.54) is 16.9 Å². The van der Waals surface area contributed by atoms with E-state index in [9.17, 15) is 8.42 Å². The number of hydrogen-bond donors (Lipinski definition) is 1. The van der Waals surface area contributed by atoms with Gasteiger partial charge in [-0.3, -0.25) is 4.72 Å².